The van der Waals surface area contributed by atoms with Crippen LogP contribution in [0.1, 0.15) is 33.1 Å². The van der Waals surface area contributed by atoms with Crippen LogP contribution >= 0.6 is 0 Å². The van der Waals surface area contributed by atoms with E-state index in [-0.39, 0.29) is 0 Å². The number of likely N-dealkylation sites (tertiary alicyclic amines) is 1. The Morgan fingerprint density at radius 2 is 2.08 bits per heavy atom. The predicted molar refractivity (Wildman–Crippen MR) is 55.8 cm³/mol. The first-order valence-electron chi connectivity index (χ1n) is 5.78. The summed E-state index contributed by atoms with van der Waals surface area (Å²) in [6.07, 6.45) is 4.27. The molecule has 1 N–H and O–H groups in total. The summed E-state index contributed by atoms with van der Waals surface area (Å²) in [5, 5.41) is 3.79. The van der Waals surface area contributed by atoms with Gasteiger partial charge in [0.2, 0.25) is 0 Å². The zero-order valence-electron chi connectivity index (χ0n) is 8.92. The minimum absolute atomic E-state index is 0.797. The largest absolute Gasteiger partial charge is 0.308 e. The van der Waals surface area contributed by atoms with Crippen molar-refractivity contribution in [2.45, 2.75) is 45.2 Å². The standard InChI is InChI=1S/C11H22N2/c1-3-13-7-10(8-13)12-11-6-4-5-9(11)2/h9-12H,3-8H2,1-2H3. The molecule has 13 heavy (non-hydrogen) atoms. The monoisotopic (exact) mass is 182 g/mol. The summed E-state index contributed by atoms with van der Waals surface area (Å²) in [5.74, 6) is 0.913. The van der Waals surface area contributed by atoms with E-state index < -0.39 is 0 Å². The van der Waals surface area contributed by atoms with E-state index >= 15 is 0 Å². The van der Waals surface area contributed by atoms with Gasteiger partial charge in [-0.15, -0.1) is 0 Å². The Kier molecular flexibility index (Phi) is 2.89. The maximum atomic E-state index is 3.79. The smallest absolute Gasteiger partial charge is 0.0325 e. The molecule has 2 atom stereocenters. The van der Waals surface area contributed by atoms with E-state index in [4.69, 9.17) is 0 Å². The Labute approximate surface area is 81.7 Å². The molecule has 1 heterocycles. The zero-order chi connectivity index (χ0) is 9.26. The van der Waals surface area contributed by atoms with Crippen molar-refractivity contribution in [3.05, 3.63) is 0 Å². The second-order valence-electron chi connectivity index (χ2n) is 4.73. The Balaban J connectivity index is 1.68. The topological polar surface area (TPSA) is 15.3 Å². The lowest BCUT2D eigenvalue weighted by Crippen LogP contribution is -2.60. The Bertz CT molecular complexity index is 163. The SMILES string of the molecule is CCN1CC(NC2CCCC2C)C1. The van der Waals surface area contributed by atoms with Gasteiger partial charge in [0.25, 0.3) is 0 Å². The number of likely N-dealkylation sites (N-methyl/N-ethyl adjacent to an activating group) is 1. The minimum atomic E-state index is 0.797. The lowest BCUT2D eigenvalue weighted by Gasteiger charge is -2.41. The van der Waals surface area contributed by atoms with Crippen molar-refractivity contribution < 1.29 is 0 Å². The molecule has 0 amide bonds. The molecule has 1 aliphatic heterocycles. The number of hydrogen-bond donors (Lipinski definition) is 1. The number of nitrogens with zero attached hydrogens (tertiary/aromatic N) is 1. The fraction of sp³-hybridized carbons (Fsp3) is 1.00. The molecular formula is C11H22N2. The van der Waals surface area contributed by atoms with E-state index in [1.807, 2.05) is 0 Å². The van der Waals surface area contributed by atoms with Crippen LogP contribution in [0.15, 0.2) is 0 Å². The zero-order valence-corrected chi connectivity index (χ0v) is 8.92. The molecule has 2 heteroatoms. The molecule has 0 bridgehead atoms. The summed E-state index contributed by atoms with van der Waals surface area (Å²) in [4.78, 5) is 2.50. The van der Waals surface area contributed by atoms with Crippen molar-refractivity contribution in [1.29, 1.82) is 0 Å². The molecule has 1 aliphatic carbocycles. The van der Waals surface area contributed by atoms with Gasteiger partial charge in [0.05, 0.1) is 0 Å². The minimum Gasteiger partial charge on any atom is -0.308 e. The van der Waals surface area contributed by atoms with Gasteiger partial charge in [-0.25, -0.2) is 0 Å². The summed E-state index contributed by atoms with van der Waals surface area (Å²) >= 11 is 0. The number of nitrogens with one attached hydrogen (secondary N) is 1. The van der Waals surface area contributed by atoms with Crippen molar-refractivity contribution in [1.82, 2.24) is 10.2 Å². The van der Waals surface area contributed by atoms with Crippen molar-refractivity contribution >= 4 is 0 Å². The van der Waals surface area contributed by atoms with Gasteiger partial charge in [-0.1, -0.05) is 20.3 Å². The molecule has 2 nitrogen and oxygen atoms in total. The fourth-order valence-corrected chi connectivity index (χ4v) is 2.63. The summed E-state index contributed by atoms with van der Waals surface area (Å²) < 4.78 is 0. The van der Waals surface area contributed by atoms with Crippen LogP contribution in [-0.4, -0.2) is 36.6 Å². The van der Waals surface area contributed by atoms with Crippen LogP contribution in [0.3, 0.4) is 0 Å². The molecule has 2 aliphatic rings. The van der Waals surface area contributed by atoms with Gasteiger partial charge >= 0.3 is 0 Å². The molecule has 2 unspecified atom stereocenters. The van der Waals surface area contributed by atoms with Gasteiger partial charge < -0.3 is 10.2 Å². The first-order chi connectivity index (χ1) is 6.29. The summed E-state index contributed by atoms with van der Waals surface area (Å²) in [7, 11) is 0. The molecule has 0 radical (unpaired) electrons. The molecular weight excluding hydrogens is 160 g/mol. The molecule has 0 aromatic carbocycles. The molecule has 0 spiro atoms. The van der Waals surface area contributed by atoms with Gasteiger partial charge in [-0.2, -0.15) is 0 Å². The summed E-state index contributed by atoms with van der Waals surface area (Å²) in [6.45, 7) is 8.41. The molecule has 2 rings (SSSR count). The highest BCUT2D eigenvalue weighted by Crippen LogP contribution is 2.26. The summed E-state index contributed by atoms with van der Waals surface area (Å²) in [6, 6.07) is 1.62. The third kappa shape index (κ3) is 2.05. The highest BCUT2D eigenvalue weighted by molar-refractivity contribution is 4.90. The lowest BCUT2D eigenvalue weighted by molar-refractivity contribution is 0.120. The molecule has 0 aromatic rings. The maximum absolute atomic E-state index is 3.79. The van der Waals surface area contributed by atoms with E-state index in [0.717, 1.165) is 18.0 Å². The lowest BCUT2D eigenvalue weighted by atomic mass is 10.0. The molecule has 1 saturated heterocycles. The predicted octanol–water partition coefficient (Wildman–Crippen LogP) is 1.47. The Hall–Kier alpha value is -0.0800. The average Bonchev–Trinajstić information content (AvgIpc) is 2.43. The second-order valence-corrected chi connectivity index (χ2v) is 4.73. The van der Waals surface area contributed by atoms with Crippen molar-refractivity contribution in [3.8, 4) is 0 Å². The number of hydrogen-bond acceptors (Lipinski definition) is 2. The normalized spacial score (nSPS) is 36.5. The average molecular weight is 182 g/mol. The van der Waals surface area contributed by atoms with Crippen LogP contribution in [0.5, 0.6) is 0 Å². The molecule has 2 fully saturated rings. The van der Waals surface area contributed by atoms with E-state index in [9.17, 15) is 0 Å². The first-order valence-corrected chi connectivity index (χ1v) is 5.78. The van der Waals surface area contributed by atoms with Crippen LogP contribution in [0.4, 0.5) is 0 Å². The van der Waals surface area contributed by atoms with Crippen molar-refractivity contribution in [2.75, 3.05) is 19.6 Å². The van der Waals surface area contributed by atoms with Crippen LogP contribution in [0.25, 0.3) is 0 Å². The van der Waals surface area contributed by atoms with Gasteiger partial charge in [0.1, 0.15) is 0 Å². The fourth-order valence-electron chi connectivity index (χ4n) is 2.63. The van der Waals surface area contributed by atoms with Gasteiger partial charge in [-0.05, 0) is 25.3 Å². The Morgan fingerprint density at radius 3 is 2.62 bits per heavy atom. The van der Waals surface area contributed by atoms with E-state index in [0.29, 0.717) is 0 Å². The molecule has 1 saturated carbocycles. The third-order valence-corrected chi connectivity index (χ3v) is 3.72. The number of rotatable bonds is 3. The van der Waals surface area contributed by atoms with Gasteiger partial charge in [0.15, 0.2) is 0 Å². The maximum Gasteiger partial charge on any atom is 0.0325 e. The van der Waals surface area contributed by atoms with Crippen LogP contribution in [0.2, 0.25) is 0 Å². The van der Waals surface area contributed by atoms with E-state index in [1.165, 1.54) is 38.9 Å². The van der Waals surface area contributed by atoms with E-state index in [1.54, 1.807) is 0 Å². The molecule has 0 aromatic heterocycles. The highest BCUT2D eigenvalue weighted by atomic mass is 15.2. The summed E-state index contributed by atoms with van der Waals surface area (Å²) in [5.41, 5.74) is 0. The molecule has 76 valence electrons. The first kappa shape index (κ1) is 9.47. The van der Waals surface area contributed by atoms with E-state index in [2.05, 4.69) is 24.1 Å². The van der Waals surface area contributed by atoms with Gasteiger partial charge in [0, 0.05) is 25.2 Å². The second kappa shape index (κ2) is 3.97. The Morgan fingerprint density at radius 1 is 1.31 bits per heavy atom. The highest BCUT2D eigenvalue weighted by Gasteiger charge is 2.30. The van der Waals surface area contributed by atoms with Crippen molar-refractivity contribution in [2.24, 2.45) is 5.92 Å². The van der Waals surface area contributed by atoms with Crippen LogP contribution < -0.4 is 5.32 Å². The van der Waals surface area contributed by atoms with Crippen LogP contribution in [0, 0.1) is 5.92 Å². The third-order valence-electron chi connectivity index (χ3n) is 3.72. The van der Waals surface area contributed by atoms with Gasteiger partial charge in [-0.3, -0.25) is 0 Å². The quantitative estimate of drug-likeness (QED) is 0.711. The van der Waals surface area contributed by atoms with Crippen molar-refractivity contribution in [3.63, 3.8) is 0 Å². The van der Waals surface area contributed by atoms with Crippen LogP contribution in [-0.2, 0) is 0 Å².